The lowest BCUT2D eigenvalue weighted by molar-refractivity contribution is -0.113. The van der Waals surface area contributed by atoms with Crippen LogP contribution in [0.4, 0.5) is 11.6 Å². The van der Waals surface area contributed by atoms with Crippen LogP contribution in [-0.2, 0) is 21.9 Å². The van der Waals surface area contributed by atoms with Crippen LogP contribution in [0.1, 0.15) is 24.4 Å². The molecule has 0 bridgehead atoms. The fourth-order valence-electron chi connectivity index (χ4n) is 3.47. The molecule has 11 nitrogen and oxygen atoms in total. The second-order valence-electron chi connectivity index (χ2n) is 6.95. The minimum atomic E-state index is -3.81. The Kier molecular flexibility index (Phi) is 4.67. The Bertz CT molecular complexity index is 1270. The van der Waals surface area contributed by atoms with Crippen LogP contribution in [0.3, 0.4) is 0 Å². The molecule has 4 N–H and O–H groups in total. The minimum Gasteiger partial charge on any atom is -0.328 e. The highest BCUT2D eigenvalue weighted by atomic mass is 32.2. The second-order valence-corrected chi connectivity index (χ2v) is 8.51. The van der Waals surface area contributed by atoms with Gasteiger partial charge in [-0.05, 0) is 44.2 Å². The van der Waals surface area contributed by atoms with Crippen LogP contribution < -0.4 is 15.8 Å². The molecule has 0 aliphatic carbocycles. The van der Waals surface area contributed by atoms with Crippen molar-refractivity contribution in [2.45, 2.75) is 24.8 Å². The first-order valence-corrected chi connectivity index (χ1v) is 10.5. The van der Waals surface area contributed by atoms with Gasteiger partial charge in [-0.15, -0.1) is 0 Å². The quantitative estimate of drug-likeness (QED) is 0.558. The number of primary sulfonamides is 1. The van der Waals surface area contributed by atoms with E-state index in [0.717, 1.165) is 11.4 Å². The number of amides is 1. The maximum Gasteiger partial charge on any atom is 0.255 e. The summed E-state index contributed by atoms with van der Waals surface area (Å²) in [4.78, 5) is 17.4. The number of sulfonamides is 1. The van der Waals surface area contributed by atoms with Crippen molar-refractivity contribution in [1.29, 1.82) is 0 Å². The molecule has 0 unspecified atom stereocenters. The lowest BCUT2D eigenvalue weighted by atomic mass is 9.99. The third kappa shape index (κ3) is 3.46. The van der Waals surface area contributed by atoms with E-state index in [4.69, 9.17) is 5.14 Å². The van der Waals surface area contributed by atoms with Gasteiger partial charge in [-0.25, -0.2) is 18.2 Å². The maximum absolute atomic E-state index is 13.3. The highest BCUT2D eigenvalue weighted by Gasteiger charge is 2.35. The Labute approximate surface area is 172 Å². The standard InChI is InChI=1S/C18H20N8O3S/c1-10-8-14(25(3)24-10)16-15(11(2)22-18-20-9-21-26(16)18)17(27)23-12-4-6-13(7-5-12)30(19,28)29/h4-9,16H,1-3H3,(H,23,27)(H2,19,28,29)(H,20,21,22)/t16-/m1/s1. The molecule has 1 aliphatic rings. The number of fused-ring (bicyclic) bond motifs is 1. The number of nitrogens with zero attached hydrogens (tertiary/aromatic N) is 5. The smallest absolute Gasteiger partial charge is 0.255 e. The number of benzene rings is 1. The first-order chi connectivity index (χ1) is 14.1. The second kappa shape index (κ2) is 7.07. The molecule has 1 aliphatic heterocycles. The fraction of sp³-hybridized carbons (Fsp3) is 0.222. The van der Waals surface area contributed by atoms with E-state index in [9.17, 15) is 13.2 Å². The van der Waals surface area contributed by atoms with E-state index in [1.54, 1.807) is 23.3 Å². The van der Waals surface area contributed by atoms with Crippen molar-refractivity contribution in [2.24, 2.45) is 12.2 Å². The number of rotatable bonds is 4. The number of carbonyl (C=O) groups is 1. The van der Waals surface area contributed by atoms with Gasteiger partial charge >= 0.3 is 0 Å². The van der Waals surface area contributed by atoms with Gasteiger partial charge in [0, 0.05) is 18.4 Å². The van der Waals surface area contributed by atoms with Crippen molar-refractivity contribution < 1.29 is 13.2 Å². The van der Waals surface area contributed by atoms with E-state index < -0.39 is 16.1 Å². The van der Waals surface area contributed by atoms with Crippen molar-refractivity contribution in [2.75, 3.05) is 10.6 Å². The third-order valence-corrected chi connectivity index (χ3v) is 5.73. The maximum atomic E-state index is 13.3. The van der Waals surface area contributed by atoms with Gasteiger partial charge in [0.15, 0.2) is 0 Å². The van der Waals surface area contributed by atoms with E-state index in [2.05, 4.69) is 25.8 Å². The van der Waals surface area contributed by atoms with Crippen molar-refractivity contribution in [3.63, 3.8) is 0 Å². The van der Waals surface area contributed by atoms with Gasteiger partial charge in [-0.3, -0.25) is 9.48 Å². The summed E-state index contributed by atoms with van der Waals surface area (Å²) < 4.78 is 26.2. The number of hydrogen-bond donors (Lipinski definition) is 3. The molecule has 0 radical (unpaired) electrons. The molecule has 2 aromatic heterocycles. The summed E-state index contributed by atoms with van der Waals surface area (Å²) >= 11 is 0. The Hall–Kier alpha value is -3.51. The molecule has 1 atom stereocenters. The largest absolute Gasteiger partial charge is 0.328 e. The Balaban J connectivity index is 1.72. The predicted molar refractivity (Wildman–Crippen MR) is 109 cm³/mol. The van der Waals surface area contributed by atoms with Crippen molar-refractivity contribution >= 4 is 27.6 Å². The summed E-state index contributed by atoms with van der Waals surface area (Å²) in [6.45, 7) is 3.66. The van der Waals surface area contributed by atoms with Gasteiger partial charge in [0.2, 0.25) is 16.0 Å². The topological polar surface area (TPSA) is 150 Å². The number of aryl methyl sites for hydroxylation is 2. The molecule has 3 heterocycles. The van der Waals surface area contributed by atoms with Gasteiger partial charge < -0.3 is 10.6 Å². The normalized spacial score (nSPS) is 16.2. The highest BCUT2D eigenvalue weighted by molar-refractivity contribution is 7.89. The number of nitrogens with one attached hydrogen (secondary N) is 2. The van der Waals surface area contributed by atoms with Crippen LogP contribution in [0.2, 0.25) is 0 Å². The molecular formula is C18H20N8O3S. The zero-order valence-corrected chi connectivity index (χ0v) is 17.3. The zero-order valence-electron chi connectivity index (χ0n) is 16.5. The van der Waals surface area contributed by atoms with Crippen LogP contribution in [0, 0.1) is 6.92 Å². The Morgan fingerprint density at radius 1 is 1.23 bits per heavy atom. The third-order valence-electron chi connectivity index (χ3n) is 4.80. The number of allylic oxidation sites excluding steroid dienone is 1. The first-order valence-electron chi connectivity index (χ1n) is 8.97. The molecule has 3 aromatic rings. The number of carbonyl (C=O) groups excluding carboxylic acids is 1. The zero-order chi connectivity index (χ0) is 21.6. The summed E-state index contributed by atoms with van der Waals surface area (Å²) in [6.07, 6.45) is 1.42. The highest BCUT2D eigenvalue weighted by Crippen LogP contribution is 2.35. The Morgan fingerprint density at radius 3 is 2.53 bits per heavy atom. The lowest BCUT2D eigenvalue weighted by Crippen LogP contribution is -2.32. The van der Waals surface area contributed by atoms with Crippen molar-refractivity contribution in [3.05, 3.63) is 59.3 Å². The fourth-order valence-corrected chi connectivity index (χ4v) is 3.99. The van der Waals surface area contributed by atoms with Crippen LogP contribution in [-0.4, -0.2) is 38.9 Å². The molecule has 0 fully saturated rings. The summed E-state index contributed by atoms with van der Waals surface area (Å²) in [5, 5.41) is 19.7. The summed E-state index contributed by atoms with van der Waals surface area (Å²) in [7, 11) is -2.01. The van der Waals surface area contributed by atoms with Crippen LogP contribution >= 0.6 is 0 Å². The van der Waals surface area contributed by atoms with E-state index in [1.165, 1.54) is 30.6 Å². The average molecular weight is 428 g/mol. The number of hydrogen-bond acceptors (Lipinski definition) is 7. The number of aromatic nitrogens is 5. The number of nitrogens with two attached hydrogens (primary N) is 1. The average Bonchev–Trinajstić information content (AvgIpc) is 3.25. The summed E-state index contributed by atoms with van der Waals surface area (Å²) in [5.41, 5.74) is 3.07. The van der Waals surface area contributed by atoms with E-state index in [0.29, 0.717) is 22.9 Å². The predicted octanol–water partition coefficient (Wildman–Crippen LogP) is 0.895. The molecule has 0 saturated carbocycles. The van der Waals surface area contributed by atoms with E-state index in [-0.39, 0.29) is 10.8 Å². The summed E-state index contributed by atoms with van der Waals surface area (Å²) in [6, 6.07) is 6.98. The molecule has 0 spiro atoms. The lowest BCUT2D eigenvalue weighted by Gasteiger charge is -2.28. The number of anilines is 2. The minimum absolute atomic E-state index is 0.0364. The van der Waals surface area contributed by atoms with Gasteiger partial charge in [-0.2, -0.15) is 15.2 Å². The van der Waals surface area contributed by atoms with E-state index in [1.807, 2.05) is 13.0 Å². The van der Waals surface area contributed by atoms with Crippen LogP contribution in [0.25, 0.3) is 0 Å². The molecule has 12 heteroatoms. The van der Waals surface area contributed by atoms with Gasteiger partial charge in [0.25, 0.3) is 5.91 Å². The van der Waals surface area contributed by atoms with Crippen molar-refractivity contribution in [1.82, 2.24) is 24.5 Å². The molecule has 4 rings (SSSR count). The molecule has 1 amide bonds. The Morgan fingerprint density at radius 2 is 1.93 bits per heavy atom. The van der Waals surface area contributed by atoms with Gasteiger partial charge in [-0.1, -0.05) is 0 Å². The van der Waals surface area contributed by atoms with Crippen LogP contribution in [0.5, 0.6) is 0 Å². The van der Waals surface area contributed by atoms with Gasteiger partial charge in [0.1, 0.15) is 12.4 Å². The van der Waals surface area contributed by atoms with E-state index >= 15 is 0 Å². The summed E-state index contributed by atoms with van der Waals surface area (Å²) in [5.74, 6) is 0.152. The van der Waals surface area contributed by atoms with Crippen LogP contribution in [0.15, 0.2) is 52.8 Å². The molecule has 30 heavy (non-hydrogen) atoms. The van der Waals surface area contributed by atoms with Gasteiger partial charge in [0.05, 0.1) is 21.9 Å². The molecule has 0 saturated heterocycles. The molecular weight excluding hydrogens is 408 g/mol. The molecule has 1 aromatic carbocycles. The monoisotopic (exact) mass is 428 g/mol. The first kappa shape index (κ1) is 19.8. The van der Waals surface area contributed by atoms with Crippen molar-refractivity contribution in [3.8, 4) is 0 Å². The SMILES string of the molecule is CC1=C(C(=O)Nc2ccc(S(N)(=O)=O)cc2)[C@@H](c2cc(C)nn2C)n2ncnc2N1. The molecule has 156 valence electrons.